The molecule has 2 heterocycles. The Morgan fingerprint density at radius 3 is 1.35 bits per heavy atom. The summed E-state index contributed by atoms with van der Waals surface area (Å²) < 4.78 is 0. The normalized spacial score (nSPS) is 12.9. The molecule has 0 fully saturated rings. The molecule has 7 aromatic carbocycles. The van der Waals surface area contributed by atoms with E-state index in [0.29, 0.717) is 5.82 Å². The summed E-state index contributed by atoms with van der Waals surface area (Å²) in [5, 5.41) is 0. The molecule has 1 spiro atoms. The second-order valence-corrected chi connectivity index (χ2v) is 14.3. The molecule has 3 heteroatoms. The van der Waals surface area contributed by atoms with E-state index in [-0.39, 0.29) is 0 Å². The predicted octanol–water partition coefficient (Wildman–Crippen LogP) is 12.6. The number of nitrogens with zero attached hydrogens (tertiary/aromatic N) is 3. The van der Waals surface area contributed by atoms with Crippen molar-refractivity contribution in [3.8, 4) is 78.4 Å². The average molecular weight is 700 g/mol. The lowest BCUT2D eigenvalue weighted by Crippen LogP contribution is -2.29. The summed E-state index contributed by atoms with van der Waals surface area (Å²) in [5.74, 6) is 0.698. The Labute approximate surface area is 320 Å². The van der Waals surface area contributed by atoms with Crippen LogP contribution >= 0.6 is 0 Å². The highest BCUT2D eigenvalue weighted by molar-refractivity contribution is 5.98. The van der Waals surface area contributed by atoms with Crippen molar-refractivity contribution in [1.82, 2.24) is 15.0 Å². The highest BCUT2D eigenvalue weighted by Gasteiger charge is 2.49. The van der Waals surface area contributed by atoms with Gasteiger partial charge in [0.05, 0.1) is 16.8 Å². The van der Waals surface area contributed by atoms with E-state index in [0.717, 1.165) is 39.2 Å². The lowest BCUT2D eigenvalue weighted by Gasteiger charge is -2.35. The van der Waals surface area contributed by atoms with E-state index in [9.17, 15) is 0 Å². The van der Waals surface area contributed by atoms with Crippen LogP contribution in [0.5, 0.6) is 0 Å². The van der Waals surface area contributed by atoms with Gasteiger partial charge in [0.15, 0.2) is 5.82 Å². The molecule has 9 aromatic rings. The number of fused-ring (bicyclic) bond motifs is 12. The summed E-state index contributed by atoms with van der Waals surface area (Å²) in [6.45, 7) is 0. The van der Waals surface area contributed by atoms with Crippen LogP contribution in [0.1, 0.15) is 22.3 Å². The molecule has 0 bridgehead atoms. The van der Waals surface area contributed by atoms with Crippen molar-refractivity contribution in [2.24, 2.45) is 0 Å². The zero-order valence-electron chi connectivity index (χ0n) is 29.9. The summed E-state index contributed by atoms with van der Waals surface area (Å²) in [5.41, 5.74) is 19.3. The monoisotopic (exact) mass is 699 g/mol. The summed E-state index contributed by atoms with van der Waals surface area (Å²) >= 11 is 0. The molecular formula is C52H33N3. The van der Waals surface area contributed by atoms with Gasteiger partial charge in [-0.3, -0.25) is 4.98 Å². The van der Waals surface area contributed by atoms with E-state index >= 15 is 0 Å². The fraction of sp³-hybridized carbons (Fsp3) is 0.0192. The summed E-state index contributed by atoms with van der Waals surface area (Å²) in [6.07, 6.45) is 3.66. The lowest BCUT2D eigenvalue weighted by molar-refractivity contribution is 0.775. The number of pyridine rings is 1. The summed E-state index contributed by atoms with van der Waals surface area (Å²) in [4.78, 5) is 14.6. The van der Waals surface area contributed by atoms with Crippen LogP contribution in [0.25, 0.3) is 78.4 Å². The Bertz CT molecular complexity index is 2870. The first kappa shape index (κ1) is 31.3. The molecule has 0 unspecified atom stereocenters. The molecule has 2 aliphatic rings. The van der Waals surface area contributed by atoms with Gasteiger partial charge in [-0.2, -0.15) is 0 Å². The van der Waals surface area contributed by atoms with Crippen LogP contribution in [-0.4, -0.2) is 15.0 Å². The van der Waals surface area contributed by atoms with Crippen molar-refractivity contribution in [2.45, 2.75) is 5.41 Å². The van der Waals surface area contributed by atoms with Gasteiger partial charge in [0.2, 0.25) is 0 Å². The van der Waals surface area contributed by atoms with Gasteiger partial charge in [0, 0.05) is 29.1 Å². The second-order valence-electron chi connectivity index (χ2n) is 14.3. The van der Waals surface area contributed by atoms with E-state index in [1.807, 2.05) is 42.7 Å². The first-order chi connectivity index (χ1) is 27.3. The lowest BCUT2D eigenvalue weighted by atomic mass is 9.66. The summed E-state index contributed by atoms with van der Waals surface area (Å²) in [6, 6.07) is 68.0. The van der Waals surface area contributed by atoms with Gasteiger partial charge in [-0.05, 0) is 91.0 Å². The number of hydrogen-bond donors (Lipinski definition) is 0. The molecule has 0 saturated heterocycles. The highest BCUT2D eigenvalue weighted by Crippen LogP contribution is 2.61. The van der Waals surface area contributed by atoms with E-state index in [1.165, 1.54) is 55.6 Å². The van der Waals surface area contributed by atoms with Gasteiger partial charge in [-0.25, -0.2) is 9.97 Å². The fourth-order valence-electron chi connectivity index (χ4n) is 9.05. The zero-order valence-corrected chi connectivity index (χ0v) is 29.9. The minimum absolute atomic E-state index is 0.515. The van der Waals surface area contributed by atoms with Crippen LogP contribution in [0.15, 0.2) is 200 Å². The largest absolute Gasteiger partial charge is 0.265 e. The van der Waals surface area contributed by atoms with Crippen LogP contribution in [0, 0.1) is 0 Å². The number of aromatic nitrogens is 3. The molecule has 0 radical (unpaired) electrons. The topological polar surface area (TPSA) is 38.7 Å². The first-order valence-corrected chi connectivity index (χ1v) is 18.8. The number of hydrogen-bond acceptors (Lipinski definition) is 3. The maximum Gasteiger partial charge on any atom is 0.160 e. The van der Waals surface area contributed by atoms with E-state index in [1.54, 1.807) is 0 Å². The van der Waals surface area contributed by atoms with Crippen molar-refractivity contribution in [3.05, 3.63) is 223 Å². The molecule has 0 saturated carbocycles. The molecule has 11 rings (SSSR count). The standard InChI is InChI=1S/C52H33N3/c1-2-12-37(13-3-1)51-54-49(36-24-22-34(23-25-36)35-28-30-53-31-29-35)33-50(55-51)38-26-27-48-44(32-38)40-15-5-4-14-39(40)41-16-6-9-19-45(41)52(48)46-20-10-7-17-42(46)43-18-8-11-21-47(43)52/h1-33H. The smallest absolute Gasteiger partial charge is 0.160 e. The van der Waals surface area contributed by atoms with Gasteiger partial charge >= 0.3 is 0 Å². The molecular weight excluding hydrogens is 667 g/mol. The Hall–Kier alpha value is -7.23. The fourth-order valence-corrected chi connectivity index (χ4v) is 9.05. The minimum atomic E-state index is -0.515. The van der Waals surface area contributed by atoms with Crippen molar-refractivity contribution < 1.29 is 0 Å². The molecule has 0 amide bonds. The van der Waals surface area contributed by atoms with Crippen molar-refractivity contribution in [1.29, 1.82) is 0 Å². The maximum absolute atomic E-state index is 5.28. The molecule has 2 aromatic heterocycles. The second kappa shape index (κ2) is 12.4. The molecule has 256 valence electrons. The molecule has 55 heavy (non-hydrogen) atoms. The predicted molar refractivity (Wildman–Crippen MR) is 223 cm³/mol. The molecule has 0 N–H and O–H groups in total. The van der Waals surface area contributed by atoms with Crippen LogP contribution in [0.2, 0.25) is 0 Å². The Morgan fingerprint density at radius 1 is 0.291 bits per heavy atom. The van der Waals surface area contributed by atoms with E-state index in [2.05, 4.69) is 163 Å². The van der Waals surface area contributed by atoms with Gasteiger partial charge in [-0.15, -0.1) is 0 Å². The Balaban J connectivity index is 1.16. The first-order valence-electron chi connectivity index (χ1n) is 18.8. The van der Waals surface area contributed by atoms with Crippen molar-refractivity contribution in [2.75, 3.05) is 0 Å². The zero-order chi connectivity index (χ0) is 36.3. The minimum Gasteiger partial charge on any atom is -0.265 e. The van der Waals surface area contributed by atoms with Crippen LogP contribution in [-0.2, 0) is 5.41 Å². The SMILES string of the molecule is c1ccc(-c2nc(-c3ccc(-c4ccncc4)cc3)cc(-c3ccc4c(c3)-c3ccccc3-c3ccccc3C43c4ccccc4-c4ccccc43)n2)cc1. The van der Waals surface area contributed by atoms with Crippen LogP contribution in [0.4, 0.5) is 0 Å². The van der Waals surface area contributed by atoms with Gasteiger partial charge < -0.3 is 0 Å². The average Bonchev–Trinajstić information content (AvgIpc) is 3.52. The maximum atomic E-state index is 5.28. The third-order valence-corrected chi connectivity index (χ3v) is 11.5. The third-order valence-electron chi connectivity index (χ3n) is 11.5. The number of rotatable bonds is 4. The van der Waals surface area contributed by atoms with Crippen molar-refractivity contribution in [3.63, 3.8) is 0 Å². The Kier molecular flexibility index (Phi) is 7.08. The molecule has 0 aliphatic heterocycles. The van der Waals surface area contributed by atoms with Gasteiger partial charge in [0.25, 0.3) is 0 Å². The quantitative estimate of drug-likeness (QED) is 0.184. The van der Waals surface area contributed by atoms with Crippen LogP contribution < -0.4 is 0 Å². The Morgan fingerprint density at radius 2 is 0.727 bits per heavy atom. The number of benzene rings is 7. The van der Waals surface area contributed by atoms with E-state index < -0.39 is 5.41 Å². The van der Waals surface area contributed by atoms with Crippen molar-refractivity contribution >= 4 is 0 Å². The van der Waals surface area contributed by atoms with Crippen LogP contribution in [0.3, 0.4) is 0 Å². The van der Waals surface area contributed by atoms with Gasteiger partial charge in [0.1, 0.15) is 0 Å². The highest BCUT2D eigenvalue weighted by atomic mass is 14.9. The van der Waals surface area contributed by atoms with E-state index in [4.69, 9.17) is 9.97 Å². The molecule has 3 nitrogen and oxygen atoms in total. The third kappa shape index (κ3) is 4.80. The molecule has 2 aliphatic carbocycles. The molecule has 0 atom stereocenters. The van der Waals surface area contributed by atoms with Gasteiger partial charge in [-0.1, -0.05) is 164 Å². The summed E-state index contributed by atoms with van der Waals surface area (Å²) in [7, 11) is 0.